The van der Waals surface area contributed by atoms with Crippen LogP contribution in [0.3, 0.4) is 0 Å². The Hall–Kier alpha value is -3.61. The van der Waals surface area contributed by atoms with Crippen LogP contribution in [0.25, 0.3) is 0 Å². The number of benzene rings is 2. The van der Waals surface area contributed by atoms with E-state index in [0.717, 1.165) is 17.0 Å². The van der Waals surface area contributed by atoms with Crippen LogP contribution in [0.4, 0.5) is 0 Å². The van der Waals surface area contributed by atoms with Crippen LogP contribution in [0.2, 0.25) is 0 Å². The Balaban J connectivity index is 1.45. The molecule has 7 nitrogen and oxygen atoms in total. The van der Waals surface area contributed by atoms with Crippen LogP contribution in [0.5, 0.6) is 5.75 Å². The molecule has 3 N–H and O–H groups in total. The number of phenolic OH excluding ortho intramolecular Hbond substituents is 1. The molecule has 3 rings (SSSR count). The molecule has 0 atom stereocenters. The largest absolute Gasteiger partial charge is 0.508 e. The van der Waals surface area contributed by atoms with Crippen LogP contribution in [-0.2, 0) is 6.54 Å². The van der Waals surface area contributed by atoms with Crippen LogP contribution < -0.4 is 10.6 Å². The van der Waals surface area contributed by atoms with Crippen LogP contribution >= 0.6 is 0 Å². The number of hydrogen-bond acceptors (Lipinski definition) is 4. The number of carbonyl (C=O) groups excluding carboxylic acids is 2. The molecule has 0 aliphatic rings. The lowest BCUT2D eigenvalue weighted by Crippen LogP contribution is -2.30. The predicted octanol–water partition coefficient (Wildman–Crippen LogP) is 2.80. The Morgan fingerprint density at radius 3 is 2.17 bits per heavy atom. The number of aryl methyl sites for hydroxylation is 2. The lowest BCUT2D eigenvalue weighted by atomic mass is 10.1. The van der Waals surface area contributed by atoms with Gasteiger partial charge >= 0.3 is 0 Å². The number of amides is 2. The molecule has 2 amide bonds. The van der Waals surface area contributed by atoms with E-state index in [9.17, 15) is 14.7 Å². The first-order valence-electron chi connectivity index (χ1n) is 9.88. The average molecular weight is 406 g/mol. The summed E-state index contributed by atoms with van der Waals surface area (Å²) in [7, 11) is 0. The quantitative estimate of drug-likeness (QED) is 0.501. The number of hydrogen-bond donors (Lipinski definition) is 3. The number of phenols is 1. The number of aromatic nitrogens is 2. The first-order chi connectivity index (χ1) is 14.4. The number of aromatic hydroxyl groups is 1. The average Bonchev–Trinajstić information content (AvgIpc) is 3.04. The summed E-state index contributed by atoms with van der Waals surface area (Å²) < 4.78 is 1.92. The number of rotatable bonds is 8. The molecule has 3 aromatic rings. The topological polar surface area (TPSA) is 96.2 Å². The van der Waals surface area contributed by atoms with Gasteiger partial charge in [-0.3, -0.25) is 14.3 Å². The summed E-state index contributed by atoms with van der Waals surface area (Å²) in [6.07, 6.45) is 0.599. The summed E-state index contributed by atoms with van der Waals surface area (Å²) in [6.45, 7) is 5.45. The minimum Gasteiger partial charge on any atom is -0.508 e. The maximum Gasteiger partial charge on any atom is 0.251 e. The van der Waals surface area contributed by atoms with Crippen molar-refractivity contribution >= 4 is 11.8 Å². The van der Waals surface area contributed by atoms with E-state index in [1.807, 2.05) is 42.8 Å². The van der Waals surface area contributed by atoms with Gasteiger partial charge in [-0.2, -0.15) is 5.10 Å². The van der Waals surface area contributed by atoms with Gasteiger partial charge in [-0.05, 0) is 62.2 Å². The minimum absolute atomic E-state index is 0.0509. The molecule has 0 unspecified atom stereocenters. The van der Waals surface area contributed by atoms with Gasteiger partial charge in [0.1, 0.15) is 5.75 Å². The highest BCUT2D eigenvalue weighted by atomic mass is 16.3. The van der Waals surface area contributed by atoms with Crippen molar-refractivity contribution in [3.63, 3.8) is 0 Å². The van der Waals surface area contributed by atoms with Crippen molar-refractivity contribution < 1.29 is 14.7 Å². The second-order valence-electron chi connectivity index (χ2n) is 7.20. The standard InChI is InChI=1S/C23H26N4O3/c1-16-12-17(2)27(26-16)15-18-6-3-7-19(13-18)22(29)24-10-5-11-25-23(30)20-8-4-9-21(28)14-20/h3-4,6-9,12-14,28H,5,10-11,15H2,1-2H3,(H,24,29)(H,25,30). The lowest BCUT2D eigenvalue weighted by molar-refractivity contribution is 0.0951. The third-order valence-corrected chi connectivity index (χ3v) is 4.66. The SMILES string of the molecule is Cc1cc(C)n(Cc2cccc(C(=O)NCCCNC(=O)c3cccc(O)c3)c2)n1. The third kappa shape index (κ3) is 5.70. The summed E-state index contributed by atoms with van der Waals surface area (Å²) in [5, 5.41) is 19.5. The molecule has 0 saturated carbocycles. The zero-order chi connectivity index (χ0) is 21.5. The predicted molar refractivity (Wildman–Crippen MR) is 115 cm³/mol. The summed E-state index contributed by atoms with van der Waals surface area (Å²) in [5.74, 6) is -0.353. The van der Waals surface area contributed by atoms with Gasteiger partial charge in [0.05, 0.1) is 12.2 Å². The van der Waals surface area contributed by atoms with Crippen molar-refractivity contribution in [3.05, 3.63) is 82.7 Å². The second kappa shape index (κ2) is 9.73. The first kappa shape index (κ1) is 21.1. The fraction of sp³-hybridized carbons (Fsp3) is 0.261. The maximum atomic E-state index is 12.4. The van der Waals surface area contributed by atoms with Gasteiger partial charge in [-0.15, -0.1) is 0 Å². The number of nitrogens with zero attached hydrogens (tertiary/aromatic N) is 2. The summed E-state index contributed by atoms with van der Waals surface area (Å²) in [4.78, 5) is 24.4. The van der Waals surface area contributed by atoms with Crippen molar-refractivity contribution in [2.24, 2.45) is 0 Å². The van der Waals surface area contributed by atoms with Gasteiger partial charge in [0.15, 0.2) is 0 Å². The number of carbonyl (C=O) groups is 2. The Kier molecular flexibility index (Phi) is 6.85. The van der Waals surface area contributed by atoms with E-state index in [4.69, 9.17) is 0 Å². The normalized spacial score (nSPS) is 10.6. The maximum absolute atomic E-state index is 12.4. The molecular weight excluding hydrogens is 380 g/mol. The third-order valence-electron chi connectivity index (χ3n) is 4.66. The Morgan fingerprint density at radius 2 is 1.57 bits per heavy atom. The van der Waals surface area contributed by atoms with Crippen LogP contribution in [-0.4, -0.2) is 39.8 Å². The summed E-state index contributed by atoms with van der Waals surface area (Å²) >= 11 is 0. The molecule has 0 saturated heterocycles. The van der Waals surface area contributed by atoms with E-state index in [1.54, 1.807) is 18.2 Å². The van der Waals surface area contributed by atoms with E-state index >= 15 is 0 Å². The molecule has 0 aliphatic heterocycles. The Morgan fingerprint density at radius 1 is 0.933 bits per heavy atom. The molecule has 0 spiro atoms. The van der Waals surface area contributed by atoms with Crippen molar-refractivity contribution in [1.82, 2.24) is 20.4 Å². The lowest BCUT2D eigenvalue weighted by Gasteiger charge is -2.09. The van der Waals surface area contributed by atoms with Crippen LogP contribution in [0, 0.1) is 13.8 Å². The fourth-order valence-electron chi connectivity index (χ4n) is 3.16. The molecule has 156 valence electrons. The Bertz CT molecular complexity index is 1040. The highest BCUT2D eigenvalue weighted by molar-refractivity contribution is 5.95. The van der Waals surface area contributed by atoms with Gasteiger partial charge in [-0.1, -0.05) is 18.2 Å². The molecule has 0 fully saturated rings. The molecule has 1 aromatic heterocycles. The monoisotopic (exact) mass is 406 g/mol. The fourth-order valence-corrected chi connectivity index (χ4v) is 3.16. The van der Waals surface area contributed by atoms with Crippen LogP contribution in [0.15, 0.2) is 54.6 Å². The smallest absolute Gasteiger partial charge is 0.251 e. The second-order valence-corrected chi connectivity index (χ2v) is 7.20. The van der Waals surface area contributed by atoms with E-state index in [0.29, 0.717) is 37.2 Å². The molecule has 0 radical (unpaired) electrons. The van der Waals surface area contributed by atoms with Crippen molar-refractivity contribution in [3.8, 4) is 5.75 Å². The van der Waals surface area contributed by atoms with Crippen molar-refractivity contribution in [2.75, 3.05) is 13.1 Å². The molecule has 2 aromatic carbocycles. The van der Waals surface area contributed by atoms with E-state index < -0.39 is 0 Å². The first-order valence-corrected chi connectivity index (χ1v) is 9.88. The highest BCUT2D eigenvalue weighted by Gasteiger charge is 2.08. The van der Waals surface area contributed by atoms with Gasteiger partial charge in [-0.25, -0.2) is 0 Å². The molecule has 30 heavy (non-hydrogen) atoms. The van der Waals surface area contributed by atoms with Gasteiger partial charge in [0, 0.05) is 29.9 Å². The summed E-state index contributed by atoms with van der Waals surface area (Å²) in [6, 6.07) is 15.7. The highest BCUT2D eigenvalue weighted by Crippen LogP contribution is 2.11. The zero-order valence-electron chi connectivity index (χ0n) is 17.2. The van der Waals surface area contributed by atoms with Crippen molar-refractivity contribution in [1.29, 1.82) is 0 Å². The van der Waals surface area contributed by atoms with Gasteiger partial charge in [0.2, 0.25) is 0 Å². The zero-order valence-corrected chi connectivity index (χ0v) is 17.2. The molecular formula is C23H26N4O3. The molecule has 0 bridgehead atoms. The number of nitrogens with one attached hydrogen (secondary N) is 2. The Labute approximate surface area is 175 Å². The molecule has 7 heteroatoms. The van der Waals surface area contributed by atoms with Gasteiger partial charge in [0.25, 0.3) is 11.8 Å². The van der Waals surface area contributed by atoms with Gasteiger partial charge < -0.3 is 15.7 Å². The minimum atomic E-state index is -0.255. The molecule has 1 heterocycles. The van der Waals surface area contributed by atoms with Crippen molar-refractivity contribution in [2.45, 2.75) is 26.8 Å². The van der Waals surface area contributed by atoms with Crippen LogP contribution in [0.1, 0.15) is 44.1 Å². The van der Waals surface area contributed by atoms with E-state index in [-0.39, 0.29) is 17.6 Å². The molecule has 0 aliphatic carbocycles. The van der Waals surface area contributed by atoms with E-state index in [2.05, 4.69) is 15.7 Å². The van der Waals surface area contributed by atoms with E-state index in [1.165, 1.54) is 12.1 Å². The summed E-state index contributed by atoms with van der Waals surface area (Å²) in [5.41, 5.74) is 4.05.